The molecule has 94 valence electrons. The smallest absolute Gasteiger partial charge is 0.260 e. The molecule has 0 heterocycles. The van der Waals surface area contributed by atoms with Crippen LogP contribution in [0.25, 0.3) is 0 Å². The van der Waals surface area contributed by atoms with Gasteiger partial charge in [0.1, 0.15) is 5.75 Å². The molecular formula is C13H18BrNO2. The van der Waals surface area contributed by atoms with Gasteiger partial charge in [-0.25, -0.2) is 0 Å². The van der Waals surface area contributed by atoms with Crippen LogP contribution < -0.4 is 4.74 Å². The summed E-state index contributed by atoms with van der Waals surface area (Å²) in [6.45, 7) is 7.43. The lowest BCUT2D eigenvalue weighted by molar-refractivity contribution is -0.132. The predicted molar refractivity (Wildman–Crippen MR) is 72.3 cm³/mol. The Labute approximate surface area is 111 Å². The van der Waals surface area contributed by atoms with Crippen LogP contribution in [0.1, 0.15) is 19.4 Å². The van der Waals surface area contributed by atoms with Crippen LogP contribution in [-0.4, -0.2) is 30.5 Å². The average molecular weight is 300 g/mol. The lowest BCUT2D eigenvalue weighted by atomic mass is 10.2. The van der Waals surface area contributed by atoms with Gasteiger partial charge in [-0.3, -0.25) is 4.79 Å². The Morgan fingerprint density at radius 2 is 2.00 bits per heavy atom. The Bertz CT molecular complexity index is 389. The molecule has 0 aliphatic heterocycles. The first-order valence-corrected chi connectivity index (χ1v) is 6.54. The predicted octanol–water partition coefficient (Wildman–Crippen LogP) is 3.00. The first-order valence-electron chi connectivity index (χ1n) is 5.75. The van der Waals surface area contributed by atoms with Crippen molar-refractivity contribution in [2.45, 2.75) is 20.8 Å². The molecule has 0 aliphatic carbocycles. The van der Waals surface area contributed by atoms with Crippen molar-refractivity contribution in [3.8, 4) is 5.75 Å². The number of rotatable bonds is 5. The van der Waals surface area contributed by atoms with Gasteiger partial charge in [0.15, 0.2) is 6.61 Å². The van der Waals surface area contributed by atoms with E-state index in [1.165, 1.54) is 0 Å². The van der Waals surface area contributed by atoms with E-state index in [9.17, 15) is 4.79 Å². The van der Waals surface area contributed by atoms with E-state index in [0.717, 1.165) is 28.9 Å². The number of aryl methyl sites for hydroxylation is 1. The lowest BCUT2D eigenvalue weighted by Crippen LogP contribution is -2.34. The van der Waals surface area contributed by atoms with Crippen molar-refractivity contribution in [2.24, 2.45) is 0 Å². The van der Waals surface area contributed by atoms with Crippen molar-refractivity contribution in [3.63, 3.8) is 0 Å². The summed E-state index contributed by atoms with van der Waals surface area (Å²) < 4.78 is 6.54. The van der Waals surface area contributed by atoms with Crippen molar-refractivity contribution in [2.75, 3.05) is 19.7 Å². The standard InChI is InChI=1S/C13H18BrNO2/c1-4-15(5-2)13(16)9-17-12-7-6-11(14)8-10(12)3/h6-8H,4-5,9H2,1-3H3. The molecule has 0 aromatic heterocycles. The van der Waals surface area contributed by atoms with E-state index >= 15 is 0 Å². The van der Waals surface area contributed by atoms with Crippen LogP contribution in [0.15, 0.2) is 22.7 Å². The number of carbonyl (C=O) groups excluding carboxylic acids is 1. The largest absolute Gasteiger partial charge is 0.483 e. The number of likely N-dealkylation sites (N-methyl/N-ethyl adjacent to an activating group) is 1. The van der Waals surface area contributed by atoms with Gasteiger partial charge >= 0.3 is 0 Å². The molecule has 0 spiro atoms. The Morgan fingerprint density at radius 1 is 1.35 bits per heavy atom. The summed E-state index contributed by atoms with van der Waals surface area (Å²) in [5.41, 5.74) is 1.02. The van der Waals surface area contributed by atoms with Gasteiger partial charge in [-0.15, -0.1) is 0 Å². The summed E-state index contributed by atoms with van der Waals surface area (Å²) in [5.74, 6) is 0.783. The van der Waals surface area contributed by atoms with E-state index in [1.807, 2.05) is 39.0 Å². The maximum atomic E-state index is 11.7. The lowest BCUT2D eigenvalue weighted by Gasteiger charge is -2.19. The van der Waals surface area contributed by atoms with E-state index in [-0.39, 0.29) is 12.5 Å². The van der Waals surface area contributed by atoms with Gasteiger partial charge in [-0.2, -0.15) is 0 Å². The van der Waals surface area contributed by atoms with Crippen LogP contribution in [0.5, 0.6) is 5.75 Å². The molecule has 0 saturated carbocycles. The summed E-state index contributed by atoms with van der Waals surface area (Å²) in [6.07, 6.45) is 0. The number of hydrogen-bond acceptors (Lipinski definition) is 2. The van der Waals surface area contributed by atoms with Crippen LogP contribution in [0.4, 0.5) is 0 Å². The Balaban J connectivity index is 2.58. The molecule has 0 aliphatic rings. The number of halogens is 1. The minimum atomic E-state index is 0.0253. The molecule has 1 aromatic carbocycles. The molecule has 0 saturated heterocycles. The summed E-state index contributed by atoms with van der Waals surface area (Å²) in [6, 6.07) is 5.75. The van der Waals surface area contributed by atoms with Gasteiger partial charge < -0.3 is 9.64 Å². The zero-order chi connectivity index (χ0) is 12.8. The number of nitrogens with zero attached hydrogens (tertiary/aromatic N) is 1. The van der Waals surface area contributed by atoms with E-state index in [0.29, 0.717) is 0 Å². The summed E-state index contributed by atoms with van der Waals surface area (Å²) in [5, 5.41) is 0. The highest BCUT2D eigenvalue weighted by Crippen LogP contribution is 2.22. The van der Waals surface area contributed by atoms with Gasteiger partial charge in [-0.05, 0) is 44.5 Å². The zero-order valence-corrected chi connectivity index (χ0v) is 12.1. The second-order valence-electron chi connectivity index (χ2n) is 3.76. The van der Waals surface area contributed by atoms with E-state index in [4.69, 9.17) is 4.74 Å². The highest BCUT2D eigenvalue weighted by molar-refractivity contribution is 9.10. The maximum absolute atomic E-state index is 11.7. The van der Waals surface area contributed by atoms with Crippen LogP contribution in [-0.2, 0) is 4.79 Å². The van der Waals surface area contributed by atoms with Gasteiger partial charge in [0.2, 0.25) is 0 Å². The second-order valence-corrected chi connectivity index (χ2v) is 4.68. The van der Waals surface area contributed by atoms with E-state index in [2.05, 4.69) is 15.9 Å². The minimum absolute atomic E-state index is 0.0253. The third kappa shape index (κ3) is 4.04. The van der Waals surface area contributed by atoms with Gasteiger partial charge in [0, 0.05) is 17.6 Å². The average Bonchev–Trinajstić information content (AvgIpc) is 2.29. The molecule has 0 unspecified atom stereocenters. The highest BCUT2D eigenvalue weighted by Gasteiger charge is 2.10. The molecule has 0 fully saturated rings. The molecule has 0 radical (unpaired) electrons. The molecule has 1 aromatic rings. The number of carbonyl (C=O) groups is 1. The summed E-state index contributed by atoms with van der Waals surface area (Å²) in [7, 11) is 0. The first-order chi connectivity index (χ1) is 8.08. The van der Waals surface area contributed by atoms with Crippen molar-refractivity contribution in [1.82, 2.24) is 4.90 Å². The number of hydrogen-bond donors (Lipinski definition) is 0. The molecule has 4 heteroatoms. The van der Waals surface area contributed by atoms with Crippen LogP contribution in [0.2, 0.25) is 0 Å². The van der Waals surface area contributed by atoms with Crippen LogP contribution >= 0.6 is 15.9 Å². The Hall–Kier alpha value is -1.03. The normalized spacial score (nSPS) is 10.1. The first kappa shape index (κ1) is 14.0. The number of benzene rings is 1. The molecule has 0 bridgehead atoms. The SMILES string of the molecule is CCN(CC)C(=O)COc1ccc(Br)cc1C. The summed E-state index contributed by atoms with van der Waals surface area (Å²) >= 11 is 3.39. The monoisotopic (exact) mass is 299 g/mol. The van der Waals surface area contributed by atoms with Crippen LogP contribution in [0.3, 0.4) is 0 Å². The van der Waals surface area contributed by atoms with Gasteiger partial charge in [0.25, 0.3) is 5.91 Å². The molecule has 17 heavy (non-hydrogen) atoms. The number of ether oxygens (including phenoxy) is 1. The fourth-order valence-electron chi connectivity index (χ4n) is 1.58. The van der Waals surface area contributed by atoms with Crippen molar-refractivity contribution < 1.29 is 9.53 Å². The highest BCUT2D eigenvalue weighted by atomic mass is 79.9. The fraction of sp³-hybridized carbons (Fsp3) is 0.462. The second kappa shape index (κ2) is 6.64. The molecule has 1 rings (SSSR count). The van der Waals surface area contributed by atoms with Gasteiger partial charge in [-0.1, -0.05) is 15.9 Å². The molecular weight excluding hydrogens is 282 g/mol. The third-order valence-electron chi connectivity index (χ3n) is 2.60. The van der Waals surface area contributed by atoms with E-state index in [1.54, 1.807) is 4.90 Å². The number of amides is 1. The molecule has 3 nitrogen and oxygen atoms in total. The molecule has 0 atom stereocenters. The molecule has 1 amide bonds. The maximum Gasteiger partial charge on any atom is 0.260 e. The Morgan fingerprint density at radius 3 is 2.53 bits per heavy atom. The minimum Gasteiger partial charge on any atom is -0.483 e. The van der Waals surface area contributed by atoms with Crippen molar-refractivity contribution >= 4 is 21.8 Å². The quantitative estimate of drug-likeness (QED) is 0.836. The Kier molecular flexibility index (Phi) is 5.48. The van der Waals surface area contributed by atoms with E-state index < -0.39 is 0 Å². The van der Waals surface area contributed by atoms with Crippen molar-refractivity contribution in [3.05, 3.63) is 28.2 Å². The zero-order valence-electron chi connectivity index (χ0n) is 10.5. The third-order valence-corrected chi connectivity index (χ3v) is 3.10. The van der Waals surface area contributed by atoms with Gasteiger partial charge in [0.05, 0.1) is 0 Å². The summed E-state index contributed by atoms with van der Waals surface area (Å²) in [4.78, 5) is 13.5. The molecule has 0 N–H and O–H groups in total. The van der Waals surface area contributed by atoms with Crippen molar-refractivity contribution in [1.29, 1.82) is 0 Å². The van der Waals surface area contributed by atoms with Crippen LogP contribution in [0, 0.1) is 6.92 Å². The topological polar surface area (TPSA) is 29.5 Å². The fourth-order valence-corrected chi connectivity index (χ4v) is 2.06.